The lowest BCUT2D eigenvalue weighted by Gasteiger charge is -2.00. The topological polar surface area (TPSA) is 40.5 Å². The lowest BCUT2D eigenvalue weighted by molar-refractivity contribution is 0.244. The molecule has 0 heterocycles. The summed E-state index contributed by atoms with van der Waals surface area (Å²) in [5.41, 5.74) is 0. The Morgan fingerprint density at radius 1 is 1.27 bits per heavy atom. The van der Waals surface area contributed by atoms with Crippen LogP contribution in [0.4, 0.5) is 0 Å². The SMILES string of the molecule is CC(O)/C=C/C=C(\O)C(C)C. The summed E-state index contributed by atoms with van der Waals surface area (Å²) >= 11 is 0. The van der Waals surface area contributed by atoms with Crippen molar-refractivity contribution in [3.63, 3.8) is 0 Å². The Bertz CT molecular complexity index is 155. The van der Waals surface area contributed by atoms with Gasteiger partial charge in [0.2, 0.25) is 0 Å². The van der Waals surface area contributed by atoms with E-state index in [9.17, 15) is 0 Å². The zero-order valence-corrected chi connectivity index (χ0v) is 7.28. The second-order valence-electron chi connectivity index (χ2n) is 2.87. The molecule has 0 aliphatic carbocycles. The van der Waals surface area contributed by atoms with Gasteiger partial charge in [-0.3, -0.25) is 0 Å². The molecule has 1 atom stereocenters. The molecule has 0 amide bonds. The van der Waals surface area contributed by atoms with E-state index in [4.69, 9.17) is 10.2 Å². The number of hydrogen-bond donors (Lipinski definition) is 2. The molecule has 0 saturated heterocycles. The summed E-state index contributed by atoms with van der Waals surface area (Å²) in [5, 5.41) is 18.0. The maximum Gasteiger partial charge on any atom is 0.0947 e. The molecule has 0 aliphatic rings. The van der Waals surface area contributed by atoms with Crippen molar-refractivity contribution in [1.29, 1.82) is 0 Å². The minimum atomic E-state index is -0.453. The van der Waals surface area contributed by atoms with E-state index in [-0.39, 0.29) is 5.92 Å². The van der Waals surface area contributed by atoms with Crippen molar-refractivity contribution in [2.75, 3.05) is 0 Å². The predicted molar refractivity (Wildman–Crippen MR) is 46.4 cm³/mol. The summed E-state index contributed by atoms with van der Waals surface area (Å²) < 4.78 is 0. The Morgan fingerprint density at radius 2 is 1.82 bits per heavy atom. The average Bonchev–Trinajstić information content (AvgIpc) is 1.86. The molecular weight excluding hydrogens is 140 g/mol. The third kappa shape index (κ3) is 5.67. The molecule has 64 valence electrons. The molecule has 0 rings (SSSR count). The lowest BCUT2D eigenvalue weighted by Crippen LogP contribution is -1.93. The molecule has 0 aromatic rings. The standard InChI is InChI=1S/C9H16O2/c1-7(2)9(11)6-4-5-8(3)10/h4-8,10-11H,1-3H3/b5-4+,9-6-. The van der Waals surface area contributed by atoms with Gasteiger partial charge >= 0.3 is 0 Å². The highest BCUT2D eigenvalue weighted by Crippen LogP contribution is 2.04. The van der Waals surface area contributed by atoms with E-state index < -0.39 is 6.10 Å². The summed E-state index contributed by atoms with van der Waals surface area (Å²) in [6.45, 7) is 5.47. The van der Waals surface area contributed by atoms with Crippen LogP contribution >= 0.6 is 0 Å². The Labute approximate surface area is 67.9 Å². The molecule has 0 aromatic carbocycles. The fourth-order valence-corrected chi connectivity index (χ4v) is 0.507. The van der Waals surface area contributed by atoms with E-state index >= 15 is 0 Å². The molecule has 2 N–H and O–H groups in total. The van der Waals surface area contributed by atoms with E-state index in [2.05, 4.69) is 0 Å². The van der Waals surface area contributed by atoms with Crippen LogP contribution in [0.25, 0.3) is 0 Å². The van der Waals surface area contributed by atoms with E-state index in [1.165, 1.54) is 0 Å². The second kappa shape index (κ2) is 4.97. The van der Waals surface area contributed by atoms with Gasteiger partial charge in [-0.2, -0.15) is 0 Å². The zero-order valence-electron chi connectivity index (χ0n) is 7.28. The van der Waals surface area contributed by atoms with Gasteiger partial charge in [0.25, 0.3) is 0 Å². The van der Waals surface area contributed by atoms with Crippen LogP contribution in [-0.2, 0) is 0 Å². The van der Waals surface area contributed by atoms with Crippen LogP contribution < -0.4 is 0 Å². The van der Waals surface area contributed by atoms with Crippen molar-refractivity contribution >= 4 is 0 Å². The molecule has 0 fully saturated rings. The van der Waals surface area contributed by atoms with Gasteiger partial charge in [0, 0.05) is 5.92 Å². The largest absolute Gasteiger partial charge is 0.512 e. The first-order valence-electron chi connectivity index (χ1n) is 3.79. The Kier molecular flexibility index (Phi) is 4.62. The third-order valence-corrected chi connectivity index (χ3v) is 1.25. The maximum atomic E-state index is 9.17. The molecular formula is C9H16O2. The monoisotopic (exact) mass is 156 g/mol. The van der Waals surface area contributed by atoms with Gasteiger partial charge in [-0.1, -0.05) is 26.0 Å². The van der Waals surface area contributed by atoms with Crippen LogP contribution in [0, 0.1) is 5.92 Å². The summed E-state index contributed by atoms with van der Waals surface area (Å²) in [4.78, 5) is 0. The van der Waals surface area contributed by atoms with Gasteiger partial charge in [0.05, 0.1) is 11.9 Å². The van der Waals surface area contributed by atoms with Crippen LogP contribution in [0.3, 0.4) is 0 Å². The Balaban J connectivity index is 3.91. The zero-order chi connectivity index (χ0) is 8.85. The van der Waals surface area contributed by atoms with Gasteiger partial charge in [-0.05, 0) is 13.0 Å². The van der Waals surface area contributed by atoms with Gasteiger partial charge in [0.1, 0.15) is 0 Å². The first-order chi connectivity index (χ1) is 5.04. The molecule has 1 unspecified atom stereocenters. The van der Waals surface area contributed by atoms with E-state index in [1.54, 1.807) is 25.2 Å². The van der Waals surface area contributed by atoms with Gasteiger partial charge in [-0.25, -0.2) is 0 Å². The van der Waals surface area contributed by atoms with Crippen LogP contribution in [0.1, 0.15) is 20.8 Å². The van der Waals surface area contributed by atoms with Crippen LogP contribution in [0.5, 0.6) is 0 Å². The highest BCUT2D eigenvalue weighted by Gasteiger charge is 1.95. The van der Waals surface area contributed by atoms with Crippen molar-refractivity contribution in [3.8, 4) is 0 Å². The quantitative estimate of drug-likeness (QED) is 0.485. The van der Waals surface area contributed by atoms with E-state index in [0.29, 0.717) is 5.76 Å². The lowest BCUT2D eigenvalue weighted by atomic mass is 10.1. The Hall–Kier alpha value is -0.760. The van der Waals surface area contributed by atoms with Crippen molar-refractivity contribution in [3.05, 3.63) is 24.0 Å². The van der Waals surface area contributed by atoms with Gasteiger partial charge in [0.15, 0.2) is 0 Å². The molecule has 0 aromatic heterocycles. The summed E-state index contributed by atoms with van der Waals surface area (Å²) in [5.74, 6) is 0.482. The van der Waals surface area contributed by atoms with Crippen LogP contribution in [0.2, 0.25) is 0 Å². The van der Waals surface area contributed by atoms with Crippen molar-refractivity contribution in [2.45, 2.75) is 26.9 Å². The molecule has 0 radical (unpaired) electrons. The molecule has 2 nitrogen and oxygen atoms in total. The first kappa shape index (κ1) is 10.2. The number of aliphatic hydroxyl groups is 2. The fourth-order valence-electron chi connectivity index (χ4n) is 0.507. The molecule has 0 saturated carbocycles. The highest BCUT2D eigenvalue weighted by molar-refractivity contribution is 5.09. The molecule has 0 aliphatic heterocycles. The molecule has 0 bridgehead atoms. The van der Waals surface area contributed by atoms with Crippen molar-refractivity contribution in [1.82, 2.24) is 0 Å². The molecule has 11 heavy (non-hydrogen) atoms. The maximum absolute atomic E-state index is 9.17. The Morgan fingerprint density at radius 3 is 2.18 bits per heavy atom. The van der Waals surface area contributed by atoms with Gasteiger partial charge in [-0.15, -0.1) is 0 Å². The second-order valence-corrected chi connectivity index (χ2v) is 2.87. The molecule has 0 spiro atoms. The highest BCUT2D eigenvalue weighted by atomic mass is 16.3. The normalized spacial score (nSPS) is 16.3. The summed E-state index contributed by atoms with van der Waals surface area (Å²) in [7, 11) is 0. The van der Waals surface area contributed by atoms with Gasteiger partial charge < -0.3 is 10.2 Å². The fraction of sp³-hybridized carbons (Fsp3) is 0.556. The van der Waals surface area contributed by atoms with E-state index in [0.717, 1.165) is 0 Å². The third-order valence-electron chi connectivity index (χ3n) is 1.25. The minimum absolute atomic E-state index is 0.147. The average molecular weight is 156 g/mol. The van der Waals surface area contributed by atoms with Crippen molar-refractivity contribution < 1.29 is 10.2 Å². The number of aliphatic hydroxyl groups excluding tert-OH is 2. The summed E-state index contributed by atoms with van der Waals surface area (Å²) in [6.07, 6.45) is 4.40. The number of rotatable bonds is 3. The molecule has 2 heteroatoms. The minimum Gasteiger partial charge on any atom is -0.512 e. The number of allylic oxidation sites excluding steroid dienone is 3. The summed E-state index contributed by atoms with van der Waals surface area (Å²) in [6, 6.07) is 0. The first-order valence-corrected chi connectivity index (χ1v) is 3.79. The van der Waals surface area contributed by atoms with Crippen LogP contribution in [-0.4, -0.2) is 16.3 Å². The van der Waals surface area contributed by atoms with Crippen LogP contribution in [0.15, 0.2) is 24.0 Å². The predicted octanol–water partition coefficient (Wildman–Crippen LogP) is 2.02. The number of hydrogen-bond acceptors (Lipinski definition) is 2. The van der Waals surface area contributed by atoms with E-state index in [1.807, 2.05) is 13.8 Å². The van der Waals surface area contributed by atoms with Crippen molar-refractivity contribution in [2.24, 2.45) is 5.92 Å². The smallest absolute Gasteiger partial charge is 0.0947 e.